The molecule has 3 aromatic rings. The van der Waals surface area contributed by atoms with Gasteiger partial charge in [-0.2, -0.15) is 19.4 Å². The van der Waals surface area contributed by atoms with Gasteiger partial charge in [0.25, 0.3) is 0 Å². The average Bonchev–Trinajstić information content (AvgIpc) is 3.52. The molecule has 0 saturated carbocycles. The molecular weight excluding hydrogens is 661 g/mol. The molecule has 248 valence electrons. The number of phosphoric ester groups is 1. The van der Waals surface area contributed by atoms with Crippen LogP contribution in [0.15, 0.2) is 36.7 Å². The van der Waals surface area contributed by atoms with Gasteiger partial charge in [-0.15, -0.1) is 0 Å². The predicted octanol–water partition coefficient (Wildman–Crippen LogP) is 4.08. The number of para-hydroxylation sites is 1. The Balaban J connectivity index is 1.43. The van der Waals surface area contributed by atoms with Crippen LogP contribution in [0, 0.1) is 0 Å². The molecule has 45 heavy (non-hydrogen) atoms. The summed E-state index contributed by atoms with van der Waals surface area (Å²) in [6, 6.07) is 6.23. The van der Waals surface area contributed by atoms with Crippen LogP contribution < -0.4 is 15.3 Å². The highest BCUT2D eigenvalue weighted by molar-refractivity contribution is 7.63. The van der Waals surface area contributed by atoms with Gasteiger partial charge in [0, 0.05) is 0 Å². The summed E-state index contributed by atoms with van der Waals surface area (Å²) in [6.45, 7) is 2.57. The van der Waals surface area contributed by atoms with Crippen molar-refractivity contribution in [3.8, 4) is 5.75 Å². The molecule has 0 bridgehead atoms. The van der Waals surface area contributed by atoms with Crippen molar-refractivity contribution < 1.29 is 51.1 Å². The lowest BCUT2D eigenvalue weighted by atomic mass is 10.1. The number of halogens is 2. The second-order valence-electron chi connectivity index (χ2n) is 10.0. The van der Waals surface area contributed by atoms with E-state index in [0.29, 0.717) is 6.42 Å². The molecular formula is C25H34ClFN6O10P2. The summed E-state index contributed by atoms with van der Waals surface area (Å²) < 4.78 is 68.9. The van der Waals surface area contributed by atoms with Crippen molar-refractivity contribution in [1.82, 2.24) is 24.6 Å². The minimum absolute atomic E-state index is 0.0174. The van der Waals surface area contributed by atoms with Gasteiger partial charge in [-0.3, -0.25) is 13.9 Å². The highest BCUT2D eigenvalue weighted by Gasteiger charge is 2.48. The lowest BCUT2D eigenvalue weighted by Crippen LogP contribution is -2.35. The number of fused-ring (bicyclic) bond motifs is 1. The van der Waals surface area contributed by atoms with Crippen molar-refractivity contribution in [2.75, 3.05) is 18.9 Å². The first kappa shape index (κ1) is 35.1. The molecule has 1 aliphatic heterocycles. The third kappa shape index (κ3) is 9.18. The van der Waals surface area contributed by atoms with Gasteiger partial charge in [-0.05, 0) is 37.1 Å². The number of aromatic nitrogens is 4. The number of ether oxygens (including phenoxy) is 2. The van der Waals surface area contributed by atoms with E-state index in [0.717, 1.165) is 30.2 Å². The molecule has 4 rings (SSSR count). The highest BCUT2D eigenvalue weighted by atomic mass is 35.5. The first-order valence-electron chi connectivity index (χ1n) is 13.9. The summed E-state index contributed by atoms with van der Waals surface area (Å²) in [4.78, 5) is 34.7. The molecule has 0 aliphatic carbocycles. The third-order valence-electron chi connectivity index (χ3n) is 6.52. The minimum atomic E-state index is -5.29. The molecule has 0 amide bonds. The fraction of sp³-hybridized carbons (Fsp3) is 0.520. The SMILES string of the molecule is CCCCCCOC(=O)[C@H](C)NP(=O)(Oc1ccccc1)OP(=O)(O)OCC1OC(n2cnc3c(N)nc(Cl)nc32)C(F)C1O. The maximum Gasteiger partial charge on any atom is 0.481 e. The van der Waals surface area contributed by atoms with Crippen molar-refractivity contribution >= 4 is 50.1 Å². The Hall–Kier alpha value is -2.72. The molecule has 0 radical (unpaired) electrons. The summed E-state index contributed by atoms with van der Waals surface area (Å²) in [5, 5.41) is 12.5. The standard InChI is InChI=1S/C25H34ClFN6O10P2/c1-3-4-5-9-12-39-24(35)15(2)32-44(36,42-16-10-7-6-8-11-16)43-45(37,38)40-13-17-20(34)18(27)23(41-17)33-14-29-19-21(28)30-25(26)31-22(19)33/h6-8,10-11,14-15,17-18,20,23,34H,3-5,9,12-13H2,1-2H3,(H,32,36)(H,37,38)(H2,28,30,31)/t15-,17?,18?,20?,23?,44?/m0/s1. The summed E-state index contributed by atoms with van der Waals surface area (Å²) in [7, 11) is -10.1. The normalized spacial score (nSPS) is 23.3. The Morgan fingerprint density at radius 1 is 1.24 bits per heavy atom. The maximum atomic E-state index is 15.2. The van der Waals surface area contributed by atoms with Gasteiger partial charge in [-0.1, -0.05) is 44.4 Å². The Labute approximate surface area is 262 Å². The van der Waals surface area contributed by atoms with E-state index in [1.54, 1.807) is 18.2 Å². The number of nitrogens with one attached hydrogen (secondary N) is 1. The molecule has 16 nitrogen and oxygen atoms in total. The number of alkyl halides is 1. The molecule has 6 unspecified atom stereocenters. The van der Waals surface area contributed by atoms with Gasteiger partial charge < -0.3 is 29.7 Å². The largest absolute Gasteiger partial charge is 0.481 e. The first-order chi connectivity index (χ1) is 21.3. The first-order valence-corrected chi connectivity index (χ1v) is 17.3. The van der Waals surface area contributed by atoms with E-state index in [1.807, 2.05) is 6.92 Å². The predicted molar refractivity (Wildman–Crippen MR) is 159 cm³/mol. The summed E-state index contributed by atoms with van der Waals surface area (Å²) >= 11 is 5.86. The Morgan fingerprint density at radius 2 is 1.98 bits per heavy atom. The molecule has 20 heteroatoms. The molecule has 1 saturated heterocycles. The van der Waals surface area contributed by atoms with Crippen LogP contribution in [-0.2, 0) is 32.2 Å². The summed E-state index contributed by atoms with van der Waals surface area (Å²) in [5.74, 6) is -0.895. The Bertz CT molecular complexity index is 1560. The second kappa shape index (κ2) is 15.2. The van der Waals surface area contributed by atoms with Gasteiger partial charge in [0.15, 0.2) is 23.9 Å². The third-order valence-corrected chi connectivity index (χ3v) is 10.0. The van der Waals surface area contributed by atoms with E-state index in [2.05, 4.69) is 20.0 Å². The van der Waals surface area contributed by atoms with Crippen LogP contribution in [0.5, 0.6) is 5.75 Å². The molecule has 1 aromatic carbocycles. The van der Waals surface area contributed by atoms with Gasteiger partial charge >= 0.3 is 21.5 Å². The number of carbonyl (C=O) groups excluding carboxylic acids is 1. The molecule has 3 heterocycles. The van der Waals surface area contributed by atoms with E-state index in [4.69, 9.17) is 40.2 Å². The van der Waals surface area contributed by atoms with Gasteiger partial charge in [0.2, 0.25) is 5.28 Å². The van der Waals surface area contributed by atoms with Crippen molar-refractivity contribution in [2.24, 2.45) is 0 Å². The van der Waals surface area contributed by atoms with Gasteiger partial charge in [0.1, 0.15) is 29.5 Å². The monoisotopic (exact) mass is 694 g/mol. The van der Waals surface area contributed by atoms with Crippen LogP contribution in [-0.4, -0.2) is 73.1 Å². The van der Waals surface area contributed by atoms with Crippen molar-refractivity contribution in [2.45, 2.75) is 70.2 Å². The number of unbranched alkanes of at least 4 members (excludes halogenated alkanes) is 3. The number of nitrogen functional groups attached to an aromatic ring is 1. The van der Waals surface area contributed by atoms with Crippen LogP contribution in [0.3, 0.4) is 0 Å². The van der Waals surface area contributed by atoms with E-state index >= 15 is 4.39 Å². The summed E-state index contributed by atoms with van der Waals surface area (Å²) in [5.41, 5.74) is 5.91. The zero-order valence-corrected chi connectivity index (χ0v) is 26.8. The summed E-state index contributed by atoms with van der Waals surface area (Å²) in [6.07, 6.45) is -2.34. The molecule has 5 N–H and O–H groups in total. The lowest BCUT2D eigenvalue weighted by molar-refractivity contribution is -0.145. The average molecular weight is 695 g/mol. The number of aliphatic hydroxyl groups is 1. The zero-order chi connectivity index (χ0) is 32.8. The van der Waals surface area contributed by atoms with Crippen LogP contribution in [0.25, 0.3) is 11.2 Å². The number of aliphatic hydroxyl groups excluding tert-OH is 1. The van der Waals surface area contributed by atoms with Gasteiger partial charge in [-0.25, -0.2) is 18.5 Å². The number of phosphoric acid groups is 1. The van der Waals surface area contributed by atoms with Crippen LogP contribution in [0.1, 0.15) is 45.8 Å². The molecule has 1 aliphatic rings. The molecule has 1 fully saturated rings. The molecule has 2 aromatic heterocycles. The maximum absolute atomic E-state index is 15.2. The molecule has 7 atom stereocenters. The number of nitrogens with zero attached hydrogens (tertiary/aromatic N) is 4. The number of esters is 1. The lowest BCUT2D eigenvalue weighted by Gasteiger charge is -2.24. The van der Waals surface area contributed by atoms with E-state index < -0.39 is 58.8 Å². The number of hydrogen-bond acceptors (Lipinski definition) is 13. The number of hydrogen-bond donors (Lipinski definition) is 4. The quantitative estimate of drug-likeness (QED) is 0.0718. The van der Waals surface area contributed by atoms with Crippen molar-refractivity contribution in [3.05, 3.63) is 41.9 Å². The Morgan fingerprint density at radius 3 is 2.69 bits per heavy atom. The molecule has 0 spiro atoms. The topological polar surface area (TPSA) is 219 Å². The zero-order valence-electron chi connectivity index (χ0n) is 24.3. The fourth-order valence-electron chi connectivity index (χ4n) is 4.29. The van der Waals surface area contributed by atoms with E-state index in [-0.39, 0.29) is 34.6 Å². The van der Waals surface area contributed by atoms with E-state index in [9.17, 15) is 23.9 Å². The van der Waals surface area contributed by atoms with Crippen LogP contribution in [0.4, 0.5) is 10.2 Å². The number of benzene rings is 1. The van der Waals surface area contributed by atoms with Crippen LogP contribution >= 0.6 is 27.2 Å². The second-order valence-corrected chi connectivity index (χ2v) is 13.7. The fourth-order valence-corrected chi connectivity index (χ4v) is 7.43. The number of rotatable bonds is 16. The van der Waals surface area contributed by atoms with Crippen LogP contribution in [0.2, 0.25) is 5.28 Å². The van der Waals surface area contributed by atoms with E-state index in [1.165, 1.54) is 19.1 Å². The number of anilines is 1. The van der Waals surface area contributed by atoms with Crippen molar-refractivity contribution in [3.63, 3.8) is 0 Å². The number of carbonyl (C=O) groups is 1. The van der Waals surface area contributed by atoms with Crippen molar-refractivity contribution in [1.29, 1.82) is 0 Å². The number of nitrogens with two attached hydrogens (primary N) is 1. The van der Waals surface area contributed by atoms with Gasteiger partial charge in [0.05, 0.1) is 19.5 Å². The minimum Gasteiger partial charge on any atom is -0.465 e. The number of imidazole rings is 1. The smallest absolute Gasteiger partial charge is 0.465 e. The highest BCUT2D eigenvalue weighted by Crippen LogP contribution is 2.60. The Kier molecular flexibility index (Phi) is 11.9.